The topological polar surface area (TPSA) is 100 Å². The van der Waals surface area contributed by atoms with Crippen molar-refractivity contribution in [2.75, 3.05) is 26.9 Å². The summed E-state index contributed by atoms with van der Waals surface area (Å²) in [4.78, 5) is 11.9. The van der Waals surface area contributed by atoms with E-state index in [1.807, 2.05) is 0 Å². The molecule has 10 heteroatoms. The Morgan fingerprint density at radius 2 is 1.90 bits per heavy atom. The van der Waals surface area contributed by atoms with Crippen LogP contribution in [0.4, 0.5) is 0 Å². The van der Waals surface area contributed by atoms with Gasteiger partial charge >= 0.3 is 5.97 Å². The highest BCUT2D eigenvalue weighted by molar-refractivity contribution is 9.10. The molecular weight excluding hydrogens is 466 g/mol. The molecule has 0 unspecified atom stereocenters. The summed E-state index contributed by atoms with van der Waals surface area (Å²) < 4.78 is 49.1. The first-order valence-corrected chi connectivity index (χ1v) is 11.0. The van der Waals surface area contributed by atoms with Gasteiger partial charge in [0.05, 0.1) is 29.7 Å². The van der Waals surface area contributed by atoms with Gasteiger partial charge in [-0.15, -0.1) is 0 Å². The number of carbonyl (C=O) groups is 1. The first kappa shape index (κ1) is 21.4. The zero-order valence-corrected chi connectivity index (χ0v) is 18.0. The summed E-state index contributed by atoms with van der Waals surface area (Å²) in [5, 5.41) is 0. The fourth-order valence-electron chi connectivity index (χ4n) is 2.56. The third kappa shape index (κ3) is 5.62. The maximum atomic E-state index is 12.5. The maximum Gasteiger partial charge on any atom is 0.321 e. The molecule has 8 nitrogen and oxygen atoms in total. The van der Waals surface area contributed by atoms with Gasteiger partial charge in [-0.2, -0.15) is 4.72 Å². The Labute approximate surface area is 177 Å². The van der Waals surface area contributed by atoms with Crippen LogP contribution in [0.1, 0.15) is 12.0 Å². The fourth-order valence-corrected chi connectivity index (χ4v) is 4.13. The predicted molar refractivity (Wildman–Crippen MR) is 108 cm³/mol. The highest BCUT2D eigenvalue weighted by Gasteiger charge is 2.20. The van der Waals surface area contributed by atoms with Gasteiger partial charge in [-0.3, -0.25) is 4.79 Å². The van der Waals surface area contributed by atoms with Gasteiger partial charge < -0.3 is 18.9 Å². The summed E-state index contributed by atoms with van der Waals surface area (Å²) in [6.07, 6.45) is 0.714. The standard InChI is InChI=1S/C19H20BrNO7S/c1-25-16-5-3-13(9-15(16)20)12-28-19(22)11-21-29(23,24)14-4-6-17-18(10-14)27-8-2-7-26-17/h3-6,9-10,21H,2,7-8,11-12H2,1H3. The lowest BCUT2D eigenvalue weighted by Crippen LogP contribution is -2.30. The van der Waals surface area contributed by atoms with Gasteiger partial charge in [-0.1, -0.05) is 6.07 Å². The number of sulfonamides is 1. The molecule has 0 atom stereocenters. The van der Waals surface area contributed by atoms with E-state index in [0.717, 1.165) is 10.0 Å². The number of methoxy groups -OCH3 is 1. The van der Waals surface area contributed by atoms with E-state index in [9.17, 15) is 13.2 Å². The van der Waals surface area contributed by atoms with Crippen molar-refractivity contribution in [3.05, 3.63) is 46.4 Å². The second-order valence-corrected chi connectivity index (χ2v) is 8.73. The van der Waals surface area contributed by atoms with Crippen molar-refractivity contribution in [1.29, 1.82) is 0 Å². The minimum atomic E-state index is -3.91. The molecule has 0 saturated heterocycles. The van der Waals surface area contributed by atoms with Crippen LogP contribution in [0.2, 0.25) is 0 Å². The molecule has 0 aliphatic carbocycles. The zero-order chi connectivity index (χ0) is 20.9. The van der Waals surface area contributed by atoms with Crippen LogP contribution < -0.4 is 18.9 Å². The molecule has 1 aliphatic rings. The van der Waals surface area contributed by atoms with Gasteiger partial charge in [0.15, 0.2) is 11.5 Å². The number of carbonyl (C=O) groups excluding carboxylic acids is 1. The SMILES string of the molecule is COc1ccc(COC(=O)CNS(=O)(=O)c2ccc3c(c2)OCCCO3)cc1Br. The Balaban J connectivity index is 1.56. The van der Waals surface area contributed by atoms with Crippen molar-refractivity contribution in [2.45, 2.75) is 17.9 Å². The van der Waals surface area contributed by atoms with E-state index in [0.29, 0.717) is 36.9 Å². The third-order valence-electron chi connectivity index (χ3n) is 4.05. The Bertz CT molecular complexity index is 994. The quantitative estimate of drug-likeness (QED) is 0.601. The smallest absolute Gasteiger partial charge is 0.321 e. The van der Waals surface area contributed by atoms with Gasteiger partial charge in [0.1, 0.15) is 18.9 Å². The molecule has 3 rings (SSSR count). The van der Waals surface area contributed by atoms with Crippen LogP contribution in [-0.2, 0) is 26.2 Å². The molecule has 2 aromatic carbocycles. The van der Waals surface area contributed by atoms with E-state index in [4.69, 9.17) is 18.9 Å². The lowest BCUT2D eigenvalue weighted by atomic mass is 10.2. The first-order valence-electron chi connectivity index (χ1n) is 8.76. The summed E-state index contributed by atoms with van der Waals surface area (Å²) in [7, 11) is -2.36. The van der Waals surface area contributed by atoms with Crippen molar-refractivity contribution in [3.63, 3.8) is 0 Å². The number of ether oxygens (including phenoxy) is 4. The minimum absolute atomic E-state index is 0.00712. The Morgan fingerprint density at radius 3 is 2.62 bits per heavy atom. The number of benzene rings is 2. The van der Waals surface area contributed by atoms with Crippen LogP contribution >= 0.6 is 15.9 Å². The lowest BCUT2D eigenvalue weighted by molar-refractivity contribution is -0.143. The van der Waals surface area contributed by atoms with Gasteiger partial charge in [0.2, 0.25) is 10.0 Å². The fraction of sp³-hybridized carbons (Fsp3) is 0.316. The lowest BCUT2D eigenvalue weighted by Gasteiger charge is -2.11. The molecule has 1 heterocycles. The molecule has 1 aliphatic heterocycles. The molecule has 2 aromatic rings. The summed E-state index contributed by atoms with van der Waals surface area (Å²) in [6.45, 7) is 0.465. The third-order valence-corrected chi connectivity index (χ3v) is 6.07. The van der Waals surface area contributed by atoms with Crippen LogP contribution in [-0.4, -0.2) is 41.3 Å². The second-order valence-electron chi connectivity index (χ2n) is 6.11. The number of fused-ring (bicyclic) bond motifs is 1. The number of hydrogen-bond acceptors (Lipinski definition) is 7. The van der Waals surface area contributed by atoms with E-state index < -0.39 is 22.5 Å². The van der Waals surface area contributed by atoms with Crippen molar-refractivity contribution in [2.24, 2.45) is 0 Å². The summed E-state index contributed by atoms with van der Waals surface area (Å²) in [5.41, 5.74) is 0.733. The molecule has 29 heavy (non-hydrogen) atoms. The van der Waals surface area contributed by atoms with Gasteiger partial charge in [-0.05, 0) is 45.8 Å². The van der Waals surface area contributed by atoms with Crippen molar-refractivity contribution < 1.29 is 32.2 Å². The van der Waals surface area contributed by atoms with E-state index in [1.54, 1.807) is 25.3 Å². The second kappa shape index (κ2) is 9.47. The summed E-state index contributed by atoms with van der Waals surface area (Å²) in [6, 6.07) is 9.56. The summed E-state index contributed by atoms with van der Waals surface area (Å²) >= 11 is 3.35. The maximum absolute atomic E-state index is 12.5. The van der Waals surface area contributed by atoms with Crippen molar-refractivity contribution >= 4 is 31.9 Å². The van der Waals surface area contributed by atoms with E-state index >= 15 is 0 Å². The monoisotopic (exact) mass is 485 g/mol. The van der Waals surface area contributed by atoms with Gasteiger partial charge in [0.25, 0.3) is 0 Å². The highest BCUT2D eigenvalue weighted by Crippen LogP contribution is 2.31. The van der Waals surface area contributed by atoms with Gasteiger partial charge in [0, 0.05) is 12.5 Å². The minimum Gasteiger partial charge on any atom is -0.496 e. The zero-order valence-electron chi connectivity index (χ0n) is 15.6. The number of rotatable bonds is 7. The largest absolute Gasteiger partial charge is 0.496 e. The number of esters is 1. The van der Waals surface area contributed by atoms with Crippen LogP contribution in [0.25, 0.3) is 0 Å². The van der Waals surface area contributed by atoms with Crippen LogP contribution in [0.5, 0.6) is 17.2 Å². The van der Waals surface area contributed by atoms with E-state index in [2.05, 4.69) is 20.7 Å². The molecule has 0 amide bonds. The average Bonchev–Trinajstić information content (AvgIpc) is 2.95. The Kier molecular flexibility index (Phi) is 6.99. The molecule has 0 radical (unpaired) electrons. The van der Waals surface area contributed by atoms with Crippen molar-refractivity contribution in [3.8, 4) is 17.2 Å². The van der Waals surface area contributed by atoms with Crippen LogP contribution in [0.3, 0.4) is 0 Å². The predicted octanol–water partition coefficient (Wildman–Crippen LogP) is 2.64. The molecule has 0 fully saturated rings. The first-order chi connectivity index (χ1) is 13.9. The molecular formula is C19H20BrNO7S. The molecule has 1 N–H and O–H groups in total. The van der Waals surface area contributed by atoms with Gasteiger partial charge in [-0.25, -0.2) is 8.42 Å². The number of hydrogen-bond donors (Lipinski definition) is 1. The number of halogens is 1. The molecule has 156 valence electrons. The van der Waals surface area contributed by atoms with Crippen LogP contribution in [0, 0.1) is 0 Å². The number of nitrogens with one attached hydrogen (secondary N) is 1. The Hall–Kier alpha value is -2.30. The Morgan fingerprint density at radius 1 is 1.14 bits per heavy atom. The summed E-state index contributed by atoms with van der Waals surface area (Å²) in [5.74, 6) is 0.808. The highest BCUT2D eigenvalue weighted by atomic mass is 79.9. The van der Waals surface area contributed by atoms with E-state index in [-0.39, 0.29) is 11.5 Å². The molecule has 0 aromatic heterocycles. The van der Waals surface area contributed by atoms with E-state index in [1.165, 1.54) is 18.2 Å². The molecule has 0 spiro atoms. The van der Waals surface area contributed by atoms with Crippen LogP contribution in [0.15, 0.2) is 45.8 Å². The molecule has 0 bridgehead atoms. The normalized spacial score (nSPS) is 13.4. The average molecular weight is 486 g/mol. The van der Waals surface area contributed by atoms with Crippen molar-refractivity contribution in [1.82, 2.24) is 4.72 Å². The molecule has 0 saturated carbocycles.